The zero-order chi connectivity index (χ0) is 17.1. The summed E-state index contributed by atoms with van der Waals surface area (Å²) in [6.07, 6.45) is 6.64. The molecule has 130 valence electrons. The highest BCUT2D eigenvalue weighted by atomic mass is 16.5. The Labute approximate surface area is 144 Å². The van der Waals surface area contributed by atoms with Crippen LogP contribution in [0.4, 0.5) is 0 Å². The number of amides is 1. The number of ether oxygens (including phenoxy) is 1. The van der Waals surface area contributed by atoms with Gasteiger partial charge in [0.15, 0.2) is 6.61 Å². The molecule has 1 aromatic rings. The molecule has 0 unspecified atom stereocenters. The molecule has 24 heavy (non-hydrogen) atoms. The molecule has 1 N–H and O–H groups in total. The second-order valence-corrected chi connectivity index (χ2v) is 7.35. The van der Waals surface area contributed by atoms with Crippen LogP contribution in [-0.4, -0.2) is 24.5 Å². The monoisotopic (exact) mass is 329 g/mol. The SMILES string of the molecule is C[C@@H]1[C@@H](C)CCC[C@H]1NC(=O)COC(=O)c1ccc2c(c1)CCC2. The molecular weight excluding hydrogens is 302 g/mol. The van der Waals surface area contributed by atoms with Gasteiger partial charge in [-0.2, -0.15) is 0 Å². The molecule has 0 saturated heterocycles. The Balaban J connectivity index is 1.50. The lowest BCUT2D eigenvalue weighted by Gasteiger charge is -2.34. The van der Waals surface area contributed by atoms with E-state index in [4.69, 9.17) is 4.74 Å². The predicted octanol–water partition coefficient (Wildman–Crippen LogP) is 3.27. The van der Waals surface area contributed by atoms with E-state index in [0.717, 1.165) is 32.1 Å². The molecule has 4 nitrogen and oxygen atoms in total. The predicted molar refractivity (Wildman–Crippen MR) is 92.9 cm³/mol. The molecule has 3 atom stereocenters. The summed E-state index contributed by atoms with van der Waals surface area (Å²) < 4.78 is 5.20. The number of fused-ring (bicyclic) bond motifs is 1. The highest BCUT2D eigenvalue weighted by Crippen LogP contribution is 2.29. The van der Waals surface area contributed by atoms with Crippen molar-refractivity contribution in [1.29, 1.82) is 0 Å². The minimum atomic E-state index is -0.412. The van der Waals surface area contributed by atoms with Crippen molar-refractivity contribution in [3.8, 4) is 0 Å². The lowest BCUT2D eigenvalue weighted by Crippen LogP contribution is -2.45. The fraction of sp³-hybridized carbons (Fsp3) is 0.600. The number of esters is 1. The summed E-state index contributed by atoms with van der Waals surface area (Å²) in [4.78, 5) is 24.3. The van der Waals surface area contributed by atoms with E-state index in [-0.39, 0.29) is 18.6 Å². The van der Waals surface area contributed by atoms with Crippen molar-refractivity contribution >= 4 is 11.9 Å². The van der Waals surface area contributed by atoms with Crippen LogP contribution in [0.5, 0.6) is 0 Å². The lowest BCUT2D eigenvalue weighted by molar-refractivity contribution is -0.125. The maximum atomic E-state index is 12.2. The number of carbonyl (C=O) groups is 2. The van der Waals surface area contributed by atoms with Crippen LogP contribution in [-0.2, 0) is 22.4 Å². The third-order valence-corrected chi connectivity index (χ3v) is 5.72. The molecule has 4 heteroatoms. The molecule has 0 heterocycles. The molecule has 2 aliphatic rings. The van der Waals surface area contributed by atoms with Crippen molar-refractivity contribution < 1.29 is 14.3 Å². The third kappa shape index (κ3) is 3.80. The van der Waals surface area contributed by atoms with Crippen LogP contribution in [0, 0.1) is 11.8 Å². The first-order valence-corrected chi connectivity index (χ1v) is 9.13. The second-order valence-electron chi connectivity index (χ2n) is 7.35. The van der Waals surface area contributed by atoms with Gasteiger partial charge in [-0.3, -0.25) is 4.79 Å². The number of carbonyl (C=O) groups excluding carboxylic acids is 2. The number of hydrogen-bond acceptors (Lipinski definition) is 3. The van der Waals surface area contributed by atoms with Crippen molar-refractivity contribution in [2.45, 2.75) is 58.4 Å². The van der Waals surface area contributed by atoms with Gasteiger partial charge in [0.2, 0.25) is 0 Å². The lowest BCUT2D eigenvalue weighted by atomic mass is 9.78. The number of nitrogens with one attached hydrogen (secondary N) is 1. The minimum Gasteiger partial charge on any atom is -0.452 e. The van der Waals surface area contributed by atoms with Gasteiger partial charge in [-0.15, -0.1) is 0 Å². The minimum absolute atomic E-state index is 0.194. The Morgan fingerprint density at radius 1 is 1.12 bits per heavy atom. The number of rotatable bonds is 4. The Morgan fingerprint density at radius 2 is 1.92 bits per heavy atom. The summed E-state index contributed by atoms with van der Waals surface area (Å²) >= 11 is 0. The molecule has 0 aliphatic heterocycles. The fourth-order valence-electron chi connectivity index (χ4n) is 3.95. The van der Waals surface area contributed by atoms with Gasteiger partial charge in [-0.1, -0.05) is 32.8 Å². The zero-order valence-electron chi connectivity index (χ0n) is 14.6. The number of aryl methyl sites for hydroxylation is 2. The van der Waals surface area contributed by atoms with Crippen LogP contribution in [0.1, 0.15) is 61.0 Å². The fourth-order valence-corrected chi connectivity index (χ4v) is 3.95. The van der Waals surface area contributed by atoms with E-state index < -0.39 is 5.97 Å². The summed E-state index contributed by atoms with van der Waals surface area (Å²) in [5.74, 6) is 0.480. The molecule has 1 saturated carbocycles. The molecule has 2 aliphatic carbocycles. The quantitative estimate of drug-likeness (QED) is 0.863. The Hall–Kier alpha value is -1.84. The third-order valence-electron chi connectivity index (χ3n) is 5.72. The van der Waals surface area contributed by atoms with Crippen molar-refractivity contribution in [2.75, 3.05) is 6.61 Å². The first-order valence-electron chi connectivity index (χ1n) is 9.13. The largest absolute Gasteiger partial charge is 0.452 e. The second kappa shape index (κ2) is 7.37. The topological polar surface area (TPSA) is 55.4 Å². The van der Waals surface area contributed by atoms with Gasteiger partial charge in [-0.05, 0) is 60.8 Å². The van der Waals surface area contributed by atoms with Gasteiger partial charge in [0.25, 0.3) is 5.91 Å². The average Bonchev–Trinajstić information content (AvgIpc) is 3.04. The Morgan fingerprint density at radius 3 is 2.75 bits per heavy atom. The summed E-state index contributed by atoms with van der Waals surface area (Å²) in [7, 11) is 0. The van der Waals surface area contributed by atoms with E-state index in [1.165, 1.54) is 17.5 Å². The first-order chi connectivity index (χ1) is 11.5. The van der Waals surface area contributed by atoms with Gasteiger partial charge >= 0.3 is 5.97 Å². The Bertz CT molecular complexity index is 625. The Kier molecular flexibility index (Phi) is 5.22. The van der Waals surface area contributed by atoms with Crippen LogP contribution in [0.3, 0.4) is 0 Å². The average molecular weight is 329 g/mol. The van der Waals surface area contributed by atoms with Crippen LogP contribution in [0.25, 0.3) is 0 Å². The van der Waals surface area contributed by atoms with E-state index in [9.17, 15) is 9.59 Å². The zero-order valence-corrected chi connectivity index (χ0v) is 14.6. The highest BCUT2D eigenvalue weighted by Gasteiger charge is 2.28. The molecule has 0 radical (unpaired) electrons. The molecule has 3 rings (SSSR count). The normalized spacial score (nSPS) is 25.8. The number of benzene rings is 1. The smallest absolute Gasteiger partial charge is 0.338 e. The summed E-state index contributed by atoms with van der Waals surface area (Å²) in [6.45, 7) is 4.22. The van der Waals surface area contributed by atoms with Crippen molar-refractivity contribution in [2.24, 2.45) is 11.8 Å². The standard InChI is InChI=1S/C20H27NO3/c1-13-5-3-8-18(14(13)2)21-19(22)12-24-20(23)17-10-9-15-6-4-7-16(15)11-17/h9-11,13-14,18H,3-8,12H2,1-2H3,(H,21,22)/t13-,14+,18+/m0/s1. The summed E-state index contributed by atoms with van der Waals surface area (Å²) in [5.41, 5.74) is 3.10. The van der Waals surface area contributed by atoms with E-state index in [1.807, 2.05) is 12.1 Å². The van der Waals surface area contributed by atoms with Gasteiger partial charge in [0.1, 0.15) is 0 Å². The van der Waals surface area contributed by atoms with Crippen LogP contribution < -0.4 is 5.32 Å². The van der Waals surface area contributed by atoms with Gasteiger partial charge in [-0.25, -0.2) is 4.79 Å². The molecule has 0 bridgehead atoms. The van der Waals surface area contributed by atoms with Gasteiger partial charge in [0, 0.05) is 6.04 Å². The number of hydrogen-bond donors (Lipinski definition) is 1. The van der Waals surface area contributed by atoms with Crippen molar-refractivity contribution in [3.63, 3.8) is 0 Å². The van der Waals surface area contributed by atoms with Crippen molar-refractivity contribution in [1.82, 2.24) is 5.32 Å². The molecule has 0 spiro atoms. The molecular formula is C20H27NO3. The van der Waals surface area contributed by atoms with Crippen LogP contribution in [0.15, 0.2) is 18.2 Å². The first kappa shape index (κ1) is 17.0. The molecule has 1 fully saturated rings. The molecule has 1 amide bonds. The van der Waals surface area contributed by atoms with E-state index in [2.05, 4.69) is 19.2 Å². The van der Waals surface area contributed by atoms with Gasteiger partial charge in [0.05, 0.1) is 5.56 Å². The highest BCUT2D eigenvalue weighted by molar-refractivity contribution is 5.91. The summed E-state index contributed by atoms with van der Waals surface area (Å²) in [5, 5.41) is 3.03. The maximum absolute atomic E-state index is 12.2. The molecule has 1 aromatic carbocycles. The van der Waals surface area contributed by atoms with E-state index in [0.29, 0.717) is 17.4 Å². The van der Waals surface area contributed by atoms with Crippen molar-refractivity contribution in [3.05, 3.63) is 34.9 Å². The van der Waals surface area contributed by atoms with Gasteiger partial charge < -0.3 is 10.1 Å². The van der Waals surface area contributed by atoms with Crippen LogP contribution >= 0.6 is 0 Å². The van der Waals surface area contributed by atoms with E-state index >= 15 is 0 Å². The van der Waals surface area contributed by atoms with Crippen LogP contribution in [0.2, 0.25) is 0 Å². The molecule has 0 aromatic heterocycles. The van der Waals surface area contributed by atoms with E-state index in [1.54, 1.807) is 6.07 Å². The maximum Gasteiger partial charge on any atom is 0.338 e. The summed E-state index contributed by atoms with van der Waals surface area (Å²) in [6, 6.07) is 5.91.